The summed E-state index contributed by atoms with van der Waals surface area (Å²) in [6, 6.07) is 7.60. The zero-order valence-electron chi connectivity index (χ0n) is 15.0. The molecule has 1 saturated carbocycles. The minimum absolute atomic E-state index is 0.0951. The lowest BCUT2D eigenvalue weighted by Crippen LogP contribution is -2.21. The third kappa shape index (κ3) is 2.89. The topological polar surface area (TPSA) is 78.0 Å². The standard InChI is InChI=1S/C20H20N6O/c27-19-16-12-22-20-23-18(14-6-2-1-3-7-14)24-26(20)17(16)9-11-25(19)13-15-8-4-5-10-21-15/h4-5,8-12,14H,1-3,6-7,13H2. The molecular formula is C20H20N6O. The second-order valence-corrected chi connectivity index (χ2v) is 7.14. The van der Waals surface area contributed by atoms with E-state index in [-0.39, 0.29) is 5.56 Å². The molecule has 1 aliphatic rings. The lowest BCUT2D eigenvalue weighted by molar-refractivity contribution is 0.429. The number of aromatic nitrogens is 6. The van der Waals surface area contributed by atoms with Gasteiger partial charge in [0.25, 0.3) is 11.3 Å². The van der Waals surface area contributed by atoms with E-state index in [4.69, 9.17) is 5.10 Å². The Morgan fingerprint density at radius 1 is 1.07 bits per heavy atom. The van der Waals surface area contributed by atoms with E-state index in [1.807, 2.05) is 24.3 Å². The fourth-order valence-electron chi connectivity index (χ4n) is 3.90. The van der Waals surface area contributed by atoms with Crippen LogP contribution in [-0.2, 0) is 6.54 Å². The third-order valence-electron chi connectivity index (χ3n) is 5.35. The number of pyridine rings is 2. The highest BCUT2D eigenvalue weighted by atomic mass is 16.1. The molecule has 0 aromatic carbocycles. The van der Waals surface area contributed by atoms with Crippen LogP contribution in [0.5, 0.6) is 0 Å². The summed E-state index contributed by atoms with van der Waals surface area (Å²) >= 11 is 0. The van der Waals surface area contributed by atoms with E-state index in [1.54, 1.807) is 27.7 Å². The van der Waals surface area contributed by atoms with Gasteiger partial charge in [-0.05, 0) is 31.0 Å². The summed E-state index contributed by atoms with van der Waals surface area (Å²) in [7, 11) is 0. The SMILES string of the molecule is O=c1c2cnc3nc(C4CCCCC4)nn3c2ccn1Cc1ccccn1. The Morgan fingerprint density at radius 3 is 2.78 bits per heavy atom. The Bertz CT molecular complexity index is 1160. The normalized spacial score (nSPS) is 15.6. The number of hydrogen-bond acceptors (Lipinski definition) is 5. The number of nitrogens with zero attached hydrogens (tertiary/aromatic N) is 6. The van der Waals surface area contributed by atoms with Gasteiger partial charge in [0.05, 0.1) is 23.1 Å². The summed E-state index contributed by atoms with van der Waals surface area (Å²) in [6.45, 7) is 0.429. The van der Waals surface area contributed by atoms with E-state index in [0.29, 0.717) is 23.6 Å². The second-order valence-electron chi connectivity index (χ2n) is 7.14. The van der Waals surface area contributed by atoms with Gasteiger partial charge >= 0.3 is 0 Å². The maximum atomic E-state index is 12.9. The summed E-state index contributed by atoms with van der Waals surface area (Å²) in [4.78, 5) is 26.2. The number of rotatable bonds is 3. The van der Waals surface area contributed by atoms with Gasteiger partial charge in [-0.3, -0.25) is 9.78 Å². The van der Waals surface area contributed by atoms with Crippen LogP contribution in [0.25, 0.3) is 16.7 Å². The molecule has 1 fully saturated rings. The van der Waals surface area contributed by atoms with Crippen LogP contribution in [0, 0.1) is 0 Å². The van der Waals surface area contributed by atoms with Crippen molar-refractivity contribution in [3.8, 4) is 0 Å². The van der Waals surface area contributed by atoms with Gasteiger partial charge in [-0.1, -0.05) is 25.3 Å². The molecule has 0 amide bonds. The minimum atomic E-state index is -0.0951. The largest absolute Gasteiger partial charge is 0.309 e. The van der Waals surface area contributed by atoms with Crippen LogP contribution in [-0.4, -0.2) is 29.1 Å². The predicted octanol–water partition coefficient (Wildman–Crippen LogP) is 2.93. The van der Waals surface area contributed by atoms with E-state index in [9.17, 15) is 4.79 Å². The van der Waals surface area contributed by atoms with Gasteiger partial charge in [-0.25, -0.2) is 4.98 Å². The van der Waals surface area contributed by atoms with Gasteiger partial charge < -0.3 is 4.57 Å². The van der Waals surface area contributed by atoms with Crippen LogP contribution in [0.1, 0.15) is 49.5 Å². The van der Waals surface area contributed by atoms with E-state index < -0.39 is 0 Å². The van der Waals surface area contributed by atoms with Crippen molar-refractivity contribution in [3.63, 3.8) is 0 Å². The molecule has 5 rings (SSSR count). The first-order chi connectivity index (χ1) is 13.3. The molecule has 1 aliphatic carbocycles. The van der Waals surface area contributed by atoms with Crippen molar-refractivity contribution in [2.24, 2.45) is 0 Å². The van der Waals surface area contributed by atoms with Crippen molar-refractivity contribution >= 4 is 16.7 Å². The van der Waals surface area contributed by atoms with Gasteiger partial charge in [0, 0.05) is 24.5 Å². The van der Waals surface area contributed by atoms with E-state index in [2.05, 4.69) is 15.0 Å². The van der Waals surface area contributed by atoms with Gasteiger partial charge in [0.2, 0.25) is 0 Å². The van der Waals surface area contributed by atoms with Crippen LogP contribution in [0.15, 0.2) is 47.7 Å². The molecule has 0 aliphatic heterocycles. The van der Waals surface area contributed by atoms with Gasteiger partial charge in [-0.15, -0.1) is 5.10 Å². The molecule has 4 aromatic rings. The molecule has 0 atom stereocenters. The molecule has 7 nitrogen and oxygen atoms in total. The minimum Gasteiger partial charge on any atom is -0.309 e. The van der Waals surface area contributed by atoms with Crippen LogP contribution in [0.3, 0.4) is 0 Å². The quantitative estimate of drug-likeness (QED) is 0.561. The van der Waals surface area contributed by atoms with E-state index in [1.165, 1.54) is 19.3 Å². The zero-order valence-corrected chi connectivity index (χ0v) is 15.0. The molecule has 4 aromatic heterocycles. The first-order valence-electron chi connectivity index (χ1n) is 9.44. The summed E-state index contributed by atoms with van der Waals surface area (Å²) < 4.78 is 3.36. The predicted molar refractivity (Wildman–Crippen MR) is 102 cm³/mol. The first kappa shape index (κ1) is 16.1. The molecule has 4 heterocycles. The fourth-order valence-corrected chi connectivity index (χ4v) is 3.90. The van der Waals surface area contributed by atoms with Crippen molar-refractivity contribution < 1.29 is 0 Å². The third-order valence-corrected chi connectivity index (χ3v) is 5.35. The monoisotopic (exact) mass is 360 g/mol. The molecule has 0 unspecified atom stereocenters. The molecular weight excluding hydrogens is 340 g/mol. The first-order valence-corrected chi connectivity index (χ1v) is 9.44. The van der Waals surface area contributed by atoms with Gasteiger partial charge in [-0.2, -0.15) is 9.50 Å². The molecule has 0 radical (unpaired) electrons. The van der Waals surface area contributed by atoms with Crippen molar-refractivity contribution in [1.82, 2.24) is 29.1 Å². The number of hydrogen-bond donors (Lipinski definition) is 0. The average Bonchev–Trinajstić information content (AvgIpc) is 3.16. The highest BCUT2D eigenvalue weighted by Crippen LogP contribution is 2.31. The lowest BCUT2D eigenvalue weighted by Gasteiger charge is -2.17. The van der Waals surface area contributed by atoms with Crippen molar-refractivity contribution in [2.75, 3.05) is 0 Å². The van der Waals surface area contributed by atoms with Crippen LogP contribution < -0.4 is 5.56 Å². The molecule has 27 heavy (non-hydrogen) atoms. The molecule has 7 heteroatoms. The molecule has 0 bridgehead atoms. The second kappa shape index (κ2) is 6.57. The number of fused-ring (bicyclic) bond motifs is 3. The summed E-state index contributed by atoms with van der Waals surface area (Å²) in [5.74, 6) is 1.82. The van der Waals surface area contributed by atoms with Crippen molar-refractivity contribution in [3.05, 3.63) is 64.7 Å². The van der Waals surface area contributed by atoms with Crippen LogP contribution >= 0.6 is 0 Å². The maximum absolute atomic E-state index is 12.9. The summed E-state index contributed by atoms with van der Waals surface area (Å²) in [5, 5.41) is 5.24. The maximum Gasteiger partial charge on any atom is 0.261 e. The van der Waals surface area contributed by atoms with E-state index in [0.717, 1.165) is 29.9 Å². The van der Waals surface area contributed by atoms with Gasteiger partial charge in [0.15, 0.2) is 5.82 Å². The Morgan fingerprint density at radius 2 is 1.96 bits per heavy atom. The smallest absolute Gasteiger partial charge is 0.261 e. The van der Waals surface area contributed by atoms with Crippen molar-refractivity contribution in [1.29, 1.82) is 0 Å². The Labute approximate surface area is 155 Å². The molecule has 136 valence electrons. The Balaban J connectivity index is 1.58. The van der Waals surface area contributed by atoms with E-state index >= 15 is 0 Å². The summed E-state index contributed by atoms with van der Waals surface area (Å²) in [5.41, 5.74) is 1.49. The zero-order chi connectivity index (χ0) is 18.2. The summed E-state index contributed by atoms with van der Waals surface area (Å²) in [6.07, 6.45) is 11.1. The molecule has 0 spiro atoms. The van der Waals surface area contributed by atoms with Crippen LogP contribution in [0.2, 0.25) is 0 Å². The molecule has 0 N–H and O–H groups in total. The highest BCUT2D eigenvalue weighted by Gasteiger charge is 2.21. The fraction of sp³-hybridized carbons (Fsp3) is 0.350. The van der Waals surface area contributed by atoms with Gasteiger partial charge in [0.1, 0.15) is 0 Å². The van der Waals surface area contributed by atoms with Crippen LogP contribution in [0.4, 0.5) is 0 Å². The molecule has 0 saturated heterocycles. The Kier molecular flexibility index (Phi) is 3.92. The van der Waals surface area contributed by atoms with Crippen molar-refractivity contribution in [2.45, 2.75) is 44.6 Å². The Hall–Kier alpha value is -3.09. The lowest BCUT2D eigenvalue weighted by atomic mass is 9.89. The average molecular weight is 360 g/mol. The highest BCUT2D eigenvalue weighted by molar-refractivity contribution is 5.78.